The zero-order valence-electron chi connectivity index (χ0n) is 18.7. The van der Waals surface area contributed by atoms with Gasteiger partial charge in [0.2, 0.25) is 0 Å². The maximum Gasteiger partial charge on any atom is 0.255 e. The fourth-order valence-corrected chi connectivity index (χ4v) is 3.24. The smallest absolute Gasteiger partial charge is 0.255 e. The van der Waals surface area contributed by atoms with Gasteiger partial charge in [-0.1, -0.05) is 0 Å². The molecule has 2 aromatic carbocycles. The molecule has 0 radical (unpaired) electrons. The highest BCUT2D eigenvalue weighted by atomic mass is 19.1. The summed E-state index contributed by atoms with van der Waals surface area (Å²) in [5.74, 6) is 0.288. The van der Waals surface area contributed by atoms with E-state index in [9.17, 15) is 9.18 Å². The lowest BCUT2D eigenvalue weighted by atomic mass is 10.2. The van der Waals surface area contributed by atoms with Gasteiger partial charge in [-0.3, -0.25) is 4.79 Å². The van der Waals surface area contributed by atoms with Crippen LogP contribution in [-0.2, 0) is 0 Å². The summed E-state index contributed by atoms with van der Waals surface area (Å²) in [6.07, 6.45) is 0. The van der Waals surface area contributed by atoms with E-state index in [0.29, 0.717) is 17.3 Å². The van der Waals surface area contributed by atoms with Crippen molar-refractivity contribution in [3.05, 3.63) is 82.9 Å². The molecular formula is C24H23FN6O2. The molecule has 4 aromatic rings. The van der Waals surface area contributed by atoms with E-state index >= 15 is 0 Å². The third-order valence-electron chi connectivity index (χ3n) is 5.35. The van der Waals surface area contributed by atoms with Gasteiger partial charge in [0, 0.05) is 22.6 Å². The van der Waals surface area contributed by atoms with Crippen LogP contribution in [0.5, 0.6) is 5.75 Å². The third-order valence-corrected chi connectivity index (χ3v) is 5.35. The van der Waals surface area contributed by atoms with Crippen LogP contribution in [0, 0.1) is 26.6 Å². The molecule has 1 amide bonds. The van der Waals surface area contributed by atoms with E-state index in [1.807, 2.05) is 32.9 Å². The summed E-state index contributed by atoms with van der Waals surface area (Å²) in [5.41, 5.74) is 4.65. The molecule has 0 saturated carbocycles. The summed E-state index contributed by atoms with van der Waals surface area (Å²) in [7, 11) is 1.37. The average molecular weight is 446 g/mol. The SMILES string of the molecule is COc1ccc(C(=O)Nc2ccc(Nc3ccc(-n4nc(C)c(C)c4C)nn3)cc2)cc1F. The van der Waals surface area contributed by atoms with Crippen molar-refractivity contribution in [3.63, 3.8) is 0 Å². The maximum absolute atomic E-state index is 13.8. The van der Waals surface area contributed by atoms with E-state index in [1.165, 1.54) is 19.2 Å². The molecule has 8 nitrogen and oxygen atoms in total. The van der Waals surface area contributed by atoms with Crippen molar-refractivity contribution in [2.24, 2.45) is 0 Å². The lowest BCUT2D eigenvalue weighted by Gasteiger charge is -2.09. The fourth-order valence-electron chi connectivity index (χ4n) is 3.24. The number of carbonyl (C=O) groups excluding carboxylic acids is 1. The Labute approximate surface area is 190 Å². The number of carbonyl (C=O) groups is 1. The van der Waals surface area contributed by atoms with E-state index in [1.54, 1.807) is 28.9 Å². The summed E-state index contributed by atoms with van der Waals surface area (Å²) in [5, 5.41) is 18.9. The number of nitrogens with zero attached hydrogens (tertiary/aromatic N) is 4. The van der Waals surface area contributed by atoms with Crippen molar-refractivity contribution in [1.82, 2.24) is 20.0 Å². The van der Waals surface area contributed by atoms with Crippen LogP contribution in [0.4, 0.5) is 21.6 Å². The molecule has 33 heavy (non-hydrogen) atoms. The zero-order chi connectivity index (χ0) is 23.5. The van der Waals surface area contributed by atoms with Gasteiger partial charge in [0.25, 0.3) is 5.91 Å². The molecule has 2 heterocycles. The first-order valence-corrected chi connectivity index (χ1v) is 10.2. The minimum atomic E-state index is -0.593. The number of rotatable bonds is 6. The molecule has 0 aliphatic heterocycles. The molecule has 0 aliphatic rings. The summed E-state index contributed by atoms with van der Waals surface area (Å²) in [6, 6.07) is 14.8. The topological polar surface area (TPSA) is 94.0 Å². The van der Waals surface area contributed by atoms with Crippen molar-refractivity contribution >= 4 is 23.1 Å². The maximum atomic E-state index is 13.8. The highest BCUT2D eigenvalue weighted by Crippen LogP contribution is 2.21. The molecule has 0 spiro atoms. The minimum absolute atomic E-state index is 0.0862. The molecule has 0 bridgehead atoms. The van der Waals surface area contributed by atoms with Crippen LogP contribution in [0.2, 0.25) is 0 Å². The summed E-state index contributed by atoms with van der Waals surface area (Å²) in [6.45, 7) is 5.98. The Kier molecular flexibility index (Phi) is 6.03. The molecule has 2 N–H and O–H groups in total. The Balaban J connectivity index is 1.41. The fraction of sp³-hybridized carbons (Fsp3) is 0.167. The molecule has 168 valence electrons. The standard InChI is InChI=1S/C24H23FN6O2/c1-14-15(2)30-31(16(14)3)23-12-11-22(28-29-23)26-18-6-8-19(9-7-18)27-24(32)17-5-10-21(33-4)20(25)13-17/h5-13H,1-4H3,(H,26,28)(H,27,32). The van der Waals surface area contributed by atoms with Crippen LogP contribution >= 0.6 is 0 Å². The second-order valence-electron chi connectivity index (χ2n) is 7.49. The molecule has 2 aromatic heterocycles. The number of aromatic nitrogens is 4. The molecule has 0 aliphatic carbocycles. The number of anilines is 3. The normalized spacial score (nSPS) is 10.7. The minimum Gasteiger partial charge on any atom is -0.494 e. The Morgan fingerprint density at radius 1 is 0.970 bits per heavy atom. The van der Waals surface area contributed by atoms with E-state index in [2.05, 4.69) is 25.9 Å². The van der Waals surface area contributed by atoms with Gasteiger partial charge in [-0.05, 0) is 80.9 Å². The number of nitrogens with one attached hydrogen (secondary N) is 2. The highest BCUT2D eigenvalue weighted by molar-refractivity contribution is 6.04. The lowest BCUT2D eigenvalue weighted by molar-refractivity contribution is 0.102. The molecule has 0 fully saturated rings. The van der Waals surface area contributed by atoms with Gasteiger partial charge in [0.15, 0.2) is 23.2 Å². The number of ether oxygens (including phenoxy) is 1. The van der Waals surface area contributed by atoms with Crippen LogP contribution < -0.4 is 15.4 Å². The van der Waals surface area contributed by atoms with Crippen LogP contribution in [-0.4, -0.2) is 33.0 Å². The Bertz CT molecular complexity index is 1300. The van der Waals surface area contributed by atoms with Gasteiger partial charge >= 0.3 is 0 Å². The number of hydrogen-bond acceptors (Lipinski definition) is 6. The number of hydrogen-bond donors (Lipinski definition) is 2. The van der Waals surface area contributed by atoms with Gasteiger partial charge in [-0.25, -0.2) is 9.07 Å². The quantitative estimate of drug-likeness (QED) is 0.445. The number of benzene rings is 2. The van der Waals surface area contributed by atoms with E-state index < -0.39 is 11.7 Å². The predicted octanol–water partition coefficient (Wildman–Crippen LogP) is 4.73. The first-order valence-electron chi connectivity index (χ1n) is 10.2. The summed E-state index contributed by atoms with van der Waals surface area (Å²) in [4.78, 5) is 12.4. The van der Waals surface area contributed by atoms with Crippen molar-refractivity contribution in [2.45, 2.75) is 20.8 Å². The van der Waals surface area contributed by atoms with Crippen molar-refractivity contribution in [2.75, 3.05) is 17.7 Å². The van der Waals surface area contributed by atoms with E-state index in [-0.39, 0.29) is 11.3 Å². The molecule has 0 saturated heterocycles. The van der Waals surface area contributed by atoms with Crippen molar-refractivity contribution in [1.29, 1.82) is 0 Å². The molecule has 0 unspecified atom stereocenters. The van der Waals surface area contributed by atoms with Crippen LogP contribution in [0.25, 0.3) is 5.82 Å². The van der Waals surface area contributed by atoms with Gasteiger partial charge in [-0.15, -0.1) is 10.2 Å². The second-order valence-corrected chi connectivity index (χ2v) is 7.49. The summed E-state index contributed by atoms with van der Waals surface area (Å²) < 4.78 is 20.5. The number of amides is 1. The van der Waals surface area contributed by atoms with Crippen LogP contribution in [0.1, 0.15) is 27.3 Å². The van der Waals surface area contributed by atoms with Gasteiger partial charge in [0.05, 0.1) is 12.8 Å². The number of methoxy groups -OCH3 is 1. The Hall–Kier alpha value is -4.27. The van der Waals surface area contributed by atoms with E-state index in [4.69, 9.17) is 4.74 Å². The zero-order valence-corrected chi connectivity index (χ0v) is 18.7. The number of aryl methyl sites for hydroxylation is 1. The first kappa shape index (κ1) is 21.9. The van der Waals surface area contributed by atoms with Gasteiger partial charge in [0.1, 0.15) is 0 Å². The first-order chi connectivity index (χ1) is 15.9. The second kappa shape index (κ2) is 9.07. The molecule has 9 heteroatoms. The van der Waals surface area contributed by atoms with Gasteiger partial charge in [-0.2, -0.15) is 5.10 Å². The molecule has 4 rings (SSSR count). The monoisotopic (exact) mass is 446 g/mol. The molecule has 0 atom stereocenters. The third kappa shape index (κ3) is 4.67. The Morgan fingerprint density at radius 3 is 2.27 bits per heavy atom. The van der Waals surface area contributed by atoms with Crippen molar-refractivity contribution < 1.29 is 13.9 Å². The van der Waals surface area contributed by atoms with Crippen LogP contribution in [0.3, 0.4) is 0 Å². The lowest BCUT2D eigenvalue weighted by Crippen LogP contribution is -2.12. The van der Waals surface area contributed by atoms with Crippen molar-refractivity contribution in [3.8, 4) is 11.6 Å². The Morgan fingerprint density at radius 2 is 1.70 bits per heavy atom. The largest absolute Gasteiger partial charge is 0.494 e. The number of halogens is 1. The summed E-state index contributed by atoms with van der Waals surface area (Å²) >= 11 is 0. The van der Waals surface area contributed by atoms with Crippen LogP contribution in [0.15, 0.2) is 54.6 Å². The predicted molar refractivity (Wildman–Crippen MR) is 124 cm³/mol. The molecular weight excluding hydrogens is 423 g/mol. The average Bonchev–Trinajstić information content (AvgIpc) is 3.08. The highest BCUT2D eigenvalue weighted by Gasteiger charge is 2.12. The van der Waals surface area contributed by atoms with Gasteiger partial charge < -0.3 is 15.4 Å². The van der Waals surface area contributed by atoms with E-state index in [0.717, 1.165) is 28.7 Å².